The van der Waals surface area contributed by atoms with Crippen molar-refractivity contribution in [1.29, 1.82) is 0 Å². The third kappa shape index (κ3) is 13.2. The highest BCUT2D eigenvalue weighted by Crippen LogP contribution is 2.42. The summed E-state index contributed by atoms with van der Waals surface area (Å²) < 4.78 is 2.44. The van der Waals surface area contributed by atoms with E-state index in [0.29, 0.717) is 87.1 Å². The maximum absolute atomic E-state index is 12.9. The fourth-order valence-electron chi connectivity index (χ4n) is 14.0. The summed E-state index contributed by atoms with van der Waals surface area (Å²) in [5, 5.41) is 55.6. The van der Waals surface area contributed by atoms with Crippen molar-refractivity contribution in [2.75, 3.05) is 38.6 Å². The first-order valence-electron chi connectivity index (χ1n) is 31.2. The Labute approximate surface area is 530 Å². The summed E-state index contributed by atoms with van der Waals surface area (Å²) in [5.74, 6) is -0.131. The molecule has 0 aliphatic carbocycles. The smallest absolute Gasteiger partial charge is 0.423 e. The van der Waals surface area contributed by atoms with Crippen LogP contribution in [0.3, 0.4) is 0 Å². The summed E-state index contributed by atoms with van der Waals surface area (Å²) in [6.07, 6.45) is 7.23. The number of carbonyl (C=O) groups excluding carboxylic acids is 2. The highest BCUT2D eigenvalue weighted by molar-refractivity contribution is 7.01. The van der Waals surface area contributed by atoms with E-state index >= 15 is 0 Å². The molecule has 0 atom stereocenters. The second-order valence-corrected chi connectivity index (χ2v) is 31.1. The van der Waals surface area contributed by atoms with E-state index in [-0.39, 0.29) is 30.2 Å². The molecule has 0 bridgehead atoms. The van der Waals surface area contributed by atoms with Gasteiger partial charge < -0.3 is 30.3 Å². The molecule has 1 amide bonds. The van der Waals surface area contributed by atoms with E-state index in [9.17, 15) is 29.7 Å². The number of unbranched alkanes of at least 4 members (excludes halogenated alkanes) is 1. The van der Waals surface area contributed by atoms with E-state index in [2.05, 4.69) is 185 Å². The van der Waals surface area contributed by atoms with Gasteiger partial charge in [0.1, 0.15) is 15.1 Å². The van der Waals surface area contributed by atoms with E-state index in [4.69, 9.17) is 0 Å². The number of rotatable bonds is 22. The van der Waals surface area contributed by atoms with Crippen LogP contribution in [0.25, 0.3) is 38.3 Å². The number of Topliss-reactive ketones (excluding diaryl/α,β-unsaturated/α-hetero) is 1. The molecule has 3 aliphatic heterocycles. The van der Waals surface area contributed by atoms with Crippen LogP contribution in [0.2, 0.25) is 13.1 Å². The maximum Gasteiger partial charge on any atom is 0.488 e. The molecule has 3 aliphatic rings. The fourth-order valence-corrected chi connectivity index (χ4v) is 17.0. The molecule has 14 heteroatoms. The third-order valence-electron chi connectivity index (χ3n) is 19.3. The van der Waals surface area contributed by atoms with Crippen molar-refractivity contribution in [2.45, 2.75) is 139 Å². The monoisotopic (exact) mass is 1210 g/mol. The average molecular weight is 1210 g/mol. The highest BCUT2D eigenvalue weighted by atomic mass is 28.3. The van der Waals surface area contributed by atoms with Gasteiger partial charge in [0.15, 0.2) is 11.3 Å². The van der Waals surface area contributed by atoms with E-state index < -0.39 is 22.3 Å². The molecule has 3 heterocycles. The Morgan fingerprint density at radius 3 is 1.78 bits per heavy atom. The predicted octanol–water partition coefficient (Wildman–Crippen LogP) is 8.72. The summed E-state index contributed by atoms with van der Waals surface area (Å²) >= 11 is 0. The SMILES string of the molecule is C.C=C(C)C(=O)CCCCN(Cc1ccccc1B(O)O)Cc1c2ccccc2c(CN(CCCNC(=O)C(=C)C)Cc2ccccc2B(O)O)c2ccc(C3=c4cc5c(cc4[Si](C)(C)c4cc6c(cc43)C(C)=CC(C)(C)N6C)=[N+](C)C(C)(C)C=C5C)cc12. The molecule has 7 aromatic rings. The van der Waals surface area contributed by atoms with Gasteiger partial charge in [-0.3, -0.25) is 19.4 Å². The predicted molar refractivity (Wildman–Crippen MR) is 377 cm³/mol. The molecular weight excluding hydrogens is 1120 g/mol. The van der Waals surface area contributed by atoms with Gasteiger partial charge in [-0.2, -0.15) is 0 Å². The van der Waals surface area contributed by atoms with Crippen LogP contribution < -0.4 is 46.7 Å². The Morgan fingerprint density at radius 1 is 0.640 bits per heavy atom. The molecule has 11 nitrogen and oxygen atoms in total. The number of fused-ring (bicyclic) bond motifs is 6. The average Bonchev–Trinajstić information content (AvgIpc) is 0.712. The molecular formula is C75H92B2N5O6Si+. The van der Waals surface area contributed by atoms with Gasteiger partial charge in [0.2, 0.25) is 11.3 Å². The van der Waals surface area contributed by atoms with Crippen molar-refractivity contribution in [3.63, 3.8) is 0 Å². The van der Waals surface area contributed by atoms with Gasteiger partial charge >= 0.3 is 14.2 Å². The normalized spacial score (nSPS) is 15.2. The largest absolute Gasteiger partial charge is 0.488 e. The van der Waals surface area contributed by atoms with Crippen LogP contribution in [-0.4, -0.2) is 109 Å². The van der Waals surface area contributed by atoms with Gasteiger partial charge in [0, 0.05) is 95.0 Å². The Morgan fingerprint density at radius 2 is 1.19 bits per heavy atom. The van der Waals surface area contributed by atoms with Gasteiger partial charge in [0.05, 0.1) is 5.54 Å². The van der Waals surface area contributed by atoms with Crippen molar-refractivity contribution in [3.8, 4) is 0 Å². The Balaban J connectivity index is 0.00000941. The topological polar surface area (TPSA) is 140 Å². The summed E-state index contributed by atoms with van der Waals surface area (Å²) in [7, 11) is -1.33. The van der Waals surface area contributed by atoms with Crippen LogP contribution in [0, 0.1) is 0 Å². The van der Waals surface area contributed by atoms with Gasteiger partial charge in [-0.25, -0.2) is 4.58 Å². The van der Waals surface area contributed by atoms with Crippen LogP contribution in [0.5, 0.6) is 0 Å². The number of hydrogen-bond acceptors (Lipinski definition) is 9. The number of hydrogen-bond donors (Lipinski definition) is 5. The van der Waals surface area contributed by atoms with Crippen LogP contribution in [-0.2, 0) is 35.8 Å². The quantitative estimate of drug-likeness (QED) is 0.0148. The van der Waals surface area contributed by atoms with Gasteiger partial charge in [-0.1, -0.05) is 125 Å². The highest BCUT2D eigenvalue weighted by Gasteiger charge is 2.41. The van der Waals surface area contributed by atoms with Crippen LogP contribution >= 0.6 is 0 Å². The third-order valence-corrected chi connectivity index (χ3v) is 22.8. The molecule has 0 radical (unpaired) electrons. The molecule has 5 N–H and O–H groups in total. The van der Waals surface area contributed by atoms with Gasteiger partial charge in [-0.05, 0) is 201 Å². The number of benzene rings is 7. The van der Waals surface area contributed by atoms with Crippen molar-refractivity contribution >= 4 is 99.3 Å². The molecule has 0 fully saturated rings. The maximum atomic E-state index is 12.9. The number of carbonyl (C=O) groups is 2. The summed E-state index contributed by atoms with van der Waals surface area (Å²) in [6.45, 7) is 33.5. The molecule has 462 valence electrons. The minimum absolute atomic E-state index is 0. The number of allylic oxidation sites excluding steroid dienone is 3. The second-order valence-electron chi connectivity index (χ2n) is 26.8. The number of likely N-dealkylation sites (N-methyl/N-ethyl adjacent to an activating group) is 2. The lowest BCUT2D eigenvalue weighted by molar-refractivity contribution is -0.117. The van der Waals surface area contributed by atoms with Gasteiger partial charge in [0.25, 0.3) is 0 Å². The number of nitrogens with zero attached hydrogens (tertiary/aromatic N) is 4. The van der Waals surface area contributed by atoms with E-state index in [0.717, 1.165) is 55.8 Å². The van der Waals surface area contributed by atoms with Gasteiger partial charge in [-0.15, -0.1) is 0 Å². The molecule has 0 unspecified atom stereocenters. The molecule has 0 spiro atoms. The number of nitrogens with one attached hydrogen (secondary N) is 1. The molecule has 10 rings (SSSR count). The van der Waals surface area contributed by atoms with E-state index in [1.807, 2.05) is 36.4 Å². The van der Waals surface area contributed by atoms with Crippen LogP contribution in [0.1, 0.15) is 133 Å². The minimum Gasteiger partial charge on any atom is -0.423 e. The van der Waals surface area contributed by atoms with Crippen molar-refractivity contribution in [3.05, 3.63) is 207 Å². The zero-order valence-electron chi connectivity index (χ0n) is 53.9. The first-order valence-corrected chi connectivity index (χ1v) is 34.2. The zero-order chi connectivity index (χ0) is 63.3. The minimum atomic E-state index is -2.47. The lowest BCUT2D eigenvalue weighted by Gasteiger charge is -2.43. The molecule has 89 heavy (non-hydrogen) atoms. The number of anilines is 1. The lowest BCUT2D eigenvalue weighted by Crippen LogP contribution is -2.64. The molecule has 0 saturated heterocycles. The van der Waals surface area contributed by atoms with Crippen molar-refractivity contribution in [1.82, 2.24) is 19.7 Å². The van der Waals surface area contributed by atoms with E-state index in [1.165, 1.54) is 60.0 Å². The van der Waals surface area contributed by atoms with Crippen molar-refractivity contribution < 1.29 is 29.7 Å². The summed E-state index contributed by atoms with van der Waals surface area (Å²) in [6, 6.07) is 40.8. The first-order chi connectivity index (χ1) is 41.7. The Hall–Kier alpha value is -7.26. The number of amides is 1. The molecule has 0 aromatic heterocycles. The first kappa shape index (κ1) is 66.2. The molecule has 7 aromatic carbocycles. The molecule has 0 saturated carbocycles. The van der Waals surface area contributed by atoms with Crippen LogP contribution in [0.4, 0.5) is 5.69 Å². The Kier molecular flexibility index (Phi) is 19.5. The van der Waals surface area contributed by atoms with Crippen LogP contribution in [0.15, 0.2) is 152 Å². The van der Waals surface area contributed by atoms with Crippen molar-refractivity contribution in [2.24, 2.45) is 0 Å². The lowest BCUT2D eigenvalue weighted by atomic mass is 9.77. The number of ketones is 1. The Bertz CT molecular complexity index is 4180. The standard InChI is InChI=1S/C74H87B2N5O6Si.CH4/c1-47(2)68(82)30-21-22-34-80(43-52-24-15-19-28-64(52)75(84)85)46-63-55-27-18-17-26-54(55)62(45-81(35-23-33-77-72(83)48(3)4)44-53-25-16-20-29-65(53)76(86)87)56-32-31-51(36-59(56)63)71-60-37-57-49(5)41-73(7,8)78(11)66(57)39-69(60)88(13,14)70-40-67-58(38-61(70)71)50(6)42-74(9,10)79(67)12;/h15-20,24-29,31-32,36-42,84-87H,1,3,21-23,30,33-35,43-46H2,2,4-14H3;1H4/p+1. The zero-order valence-corrected chi connectivity index (χ0v) is 54.9. The fraction of sp³-hybridized carbons (Fsp3) is 0.347. The second kappa shape index (κ2) is 26.3. The summed E-state index contributed by atoms with van der Waals surface area (Å²) in [5.41, 5.74) is 15.2. The summed E-state index contributed by atoms with van der Waals surface area (Å²) in [4.78, 5) is 32.9. The van der Waals surface area contributed by atoms with E-state index in [1.54, 1.807) is 26.0 Å².